The van der Waals surface area contributed by atoms with Crippen molar-refractivity contribution in [3.8, 4) is 0 Å². The summed E-state index contributed by atoms with van der Waals surface area (Å²) in [6.45, 7) is 0.727. The molecule has 2 fully saturated rings. The summed E-state index contributed by atoms with van der Waals surface area (Å²) in [5.74, 6) is 2.03. The summed E-state index contributed by atoms with van der Waals surface area (Å²) in [5, 5.41) is 10.5. The molecule has 1 aromatic rings. The molecule has 3 rings (SSSR count). The Bertz CT molecular complexity index is 489. The van der Waals surface area contributed by atoms with E-state index in [4.69, 9.17) is 23.2 Å². The molecule has 0 saturated heterocycles. The monoisotopic (exact) mass is 299 g/mol. The molecule has 0 bridgehead atoms. The van der Waals surface area contributed by atoms with Gasteiger partial charge in [0, 0.05) is 6.54 Å². The van der Waals surface area contributed by atoms with Crippen molar-refractivity contribution in [1.29, 1.82) is 0 Å². The summed E-state index contributed by atoms with van der Waals surface area (Å²) >= 11 is 11.6. The van der Waals surface area contributed by atoms with Gasteiger partial charge in [0.2, 0.25) is 0 Å². The van der Waals surface area contributed by atoms with Crippen LogP contribution in [0, 0.1) is 17.8 Å². The third kappa shape index (κ3) is 3.18. The van der Waals surface area contributed by atoms with E-state index < -0.39 is 0 Å². The summed E-state index contributed by atoms with van der Waals surface area (Å²) in [5.41, 5.74) is 0.298. The lowest BCUT2D eigenvalue weighted by Gasteiger charge is -2.16. The highest BCUT2D eigenvalue weighted by Gasteiger charge is 2.41. The Morgan fingerprint density at radius 2 is 1.89 bits per heavy atom. The van der Waals surface area contributed by atoms with E-state index in [9.17, 15) is 4.79 Å². The topological polar surface area (TPSA) is 54.9 Å². The fraction of sp³-hybridized carbons (Fsp3) is 0.615. The fourth-order valence-electron chi connectivity index (χ4n) is 2.59. The van der Waals surface area contributed by atoms with Crippen LogP contribution < -0.4 is 5.32 Å². The zero-order valence-corrected chi connectivity index (χ0v) is 11.9. The summed E-state index contributed by atoms with van der Waals surface area (Å²) in [7, 11) is 0. The van der Waals surface area contributed by atoms with Gasteiger partial charge in [-0.1, -0.05) is 23.2 Å². The number of carbonyl (C=O) groups excluding carboxylic acids is 1. The number of carbonyl (C=O) groups is 1. The minimum absolute atomic E-state index is 0.0938. The van der Waals surface area contributed by atoms with Crippen LogP contribution in [0.3, 0.4) is 0 Å². The molecule has 0 spiro atoms. The first-order valence-electron chi connectivity index (χ1n) is 6.62. The third-order valence-electron chi connectivity index (χ3n) is 3.92. The number of nitrogens with one attached hydrogen (secondary N) is 1. The summed E-state index contributed by atoms with van der Waals surface area (Å²) < 4.78 is 0. The van der Waals surface area contributed by atoms with Crippen LogP contribution in [-0.2, 0) is 0 Å². The second-order valence-corrected chi connectivity index (χ2v) is 6.17. The Labute approximate surface area is 121 Å². The zero-order chi connectivity index (χ0) is 13.4. The minimum Gasteiger partial charge on any atom is -0.352 e. The molecule has 1 aromatic heterocycles. The summed E-state index contributed by atoms with van der Waals surface area (Å²) in [6, 6.07) is 1.45. The van der Waals surface area contributed by atoms with Crippen molar-refractivity contribution in [3.63, 3.8) is 0 Å². The molecule has 1 amide bonds. The van der Waals surface area contributed by atoms with Gasteiger partial charge in [0.25, 0.3) is 5.91 Å². The molecule has 2 aliphatic rings. The van der Waals surface area contributed by atoms with Gasteiger partial charge >= 0.3 is 0 Å². The van der Waals surface area contributed by atoms with Crippen LogP contribution in [-0.4, -0.2) is 22.6 Å². The Morgan fingerprint density at radius 1 is 1.26 bits per heavy atom. The maximum absolute atomic E-state index is 12.1. The van der Waals surface area contributed by atoms with E-state index in [1.54, 1.807) is 0 Å². The van der Waals surface area contributed by atoms with Gasteiger partial charge in [0.05, 0.1) is 5.56 Å². The summed E-state index contributed by atoms with van der Waals surface area (Å²) in [6.07, 6.45) is 5.22. The predicted octanol–water partition coefficient (Wildman–Crippen LogP) is 2.95. The van der Waals surface area contributed by atoms with Crippen LogP contribution in [0.25, 0.3) is 0 Å². The van der Waals surface area contributed by atoms with Gasteiger partial charge in [-0.2, -0.15) is 0 Å². The first-order chi connectivity index (χ1) is 9.15. The van der Waals surface area contributed by atoms with Crippen LogP contribution >= 0.6 is 23.2 Å². The second kappa shape index (κ2) is 5.25. The van der Waals surface area contributed by atoms with Crippen LogP contribution in [0.2, 0.25) is 10.3 Å². The smallest absolute Gasteiger partial charge is 0.254 e. The number of rotatable bonds is 5. The van der Waals surface area contributed by atoms with Crippen LogP contribution in [0.4, 0.5) is 0 Å². The number of amides is 1. The van der Waals surface area contributed by atoms with E-state index in [0.29, 0.717) is 11.5 Å². The van der Waals surface area contributed by atoms with Crippen molar-refractivity contribution in [2.24, 2.45) is 17.8 Å². The van der Waals surface area contributed by atoms with Crippen molar-refractivity contribution in [3.05, 3.63) is 21.9 Å². The van der Waals surface area contributed by atoms with Gasteiger partial charge in [0.15, 0.2) is 10.3 Å². The van der Waals surface area contributed by atoms with E-state index in [0.717, 1.165) is 18.4 Å². The van der Waals surface area contributed by atoms with E-state index in [1.807, 2.05) is 0 Å². The predicted molar refractivity (Wildman–Crippen MR) is 73.3 cm³/mol. The molecule has 0 aliphatic heterocycles. The highest BCUT2D eigenvalue weighted by atomic mass is 35.5. The van der Waals surface area contributed by atoms with E-state index in [2.05, 4.69) is 15.5 Å². The highest BCUT2D eigenvalue weighted by Crippen LogP contribution is 2.48. The average Bonchev–Trinajstić information content (AvgIpc) is 3.25. The standard InChI is InChI=1S/C13H15Cl2N3O/c14-11-5-9(12(15)18-17-11)13(19)16-6-10(7-1-2-7)8-3-4-8/h5,7-8,10H,1-4,6H2,(H,16,19). The first-order valence-corrected chi connectivity index (χ1v) is 7.37. The van der Waals surface area contributed by atoms with Gasteiger partial charge in [-0.25, -0.2) is 0 Å². The van der Waals surface area contributed by atoms with Gasteiger partial charge < -0.3 is 5.32 Å². The Kier molecular flexibility index (Phi) is 3.63. The molecular formula is C13H15Cl2N3O. The third-order valence-corrected chi connectivity index (χ3v) is 4.38. The van der Waals surface area contributed by atoms with Crippen molar-refractivity contribution < 1.29 is 4.79 Å². The SMILES string of the molecule is O=C(NCC(C1CC1)C1CC1)c1cc(Cl)nnc1Cl. The number of nitrogens with zero attached hydrogens (tertiary/aromatic N) is 2. The maximum atomic E-state index is 12.1. The van der Waals surface area contributed by atoms with Crippen molar-refractivity contribution in [2.75, 3.05) is 6.54 Å². The molecule has 0 radical (unpaired) electrons. The Morgan fingerprint density at radius 3 is 2.47 bits per heavy atom. The minimum atomic E-state index is -0.215. The fourth-order valence-corrected chi connectivity index (χ4v) is 2.91. The average molecular weight is 300 g/mol. The molecular weight excluding hydrogens is 285 g/mol. The van der Waals surface area contributed by atoms with Crippen molar-refractivity contribution in [1.82, 2.24) is 15.5 Å². The second-order valence-electron chi connectivity index (χ2n) is 5.42. The molecule has 1 N–H and O–H groups in total. The molecule has 102 valence electrons. The molecule has 2 aliphatic carbocycles. The molecule has 6 heteroatoms. The van der Waals surface area contributed by atoms with Crippen LogP contribution in [0.15, 0.2) is 6.07 Å². The van der Waals surface area contributed by atoms with E-state index >= 15 is 0 Å². The number of hydrogen-bond donors (Lipinski definition) is 1. The lowest BCUT2D eigenvalue weighted by atomic mass is 9.98. The Hall–Kier alpha value is -0.870. The molecule has 0 aromatic carbocycles. The lowest BCUT2D eigenvalue weighted by Crippen LogP contribution is -2.31. The molecule has 4 nitrogen and oxygen atoms in total. The quantitative estimate of drug-likeness (QED) is 0.909. The summed E-state index contributed by atoms with van der Waals surface area (Å²) in [4.78, 5) is 12.1. The lowest BCUT2D eigenvalue weighted by molar-refractivity contribution is 0.0943. The van der Waals surface area contributed by atoms with Gasteiger partial charge in [-0.15, -0.1) is 10.2 Å². The molecule has 0 unspecified atom stereocenters. The van der Waals surface area contributed by atoms with Gasteiger partial charge in [0.1, 0.15) is 0 Å². The van der Waals surface area contributed by atoms with Crippen molar-refractivity contribution in [2.45, 2.75) is 25.7 Å². The highest BCUT2D eigenvalue weighted by molar-refractivity contribution is 6.34. The first kappa shape index (κ1) is 13.1. The number of halogens is 2. The normalized spacial score (nSPS) is 18.7. The number of hydrogen-bond acceptors (Lipinski definition) is 3. The maximum Gasteiger partial charge on any atom is 0.254 e. The van der Waals surface area contributed by atoms with Gasteiger partial charge in [-0.3, -0.25) is 4.79 Å². The molecule has 0 atom stereocenters. The van der Waals surface area contributed by atoms with Crippen LogP contribution in [0.5, 0.6) is 0 Å². The van der Waals surface area contributed by atoms with E-state index in [1.165, 1.54) is 31.7 Å². The van der Waals surface area contributed by atoms with Crippen LogP contribution in [0.1, 0.15) is 36.0 Å². The zero-order valence-electron chi connectivity index (χ0n) is 10.4. The van der Waals surface area contributed by atoms with Gasteiger partial charge in [-0.05, 0) is 49.5 Å². The van der Waals surface area contributed by atoms with E-state index in [-0.39, 0.29) is 16.2 Å². The number of aromatic nitrogens is 2. The molecule has 2 saturated carbocycles. The molecule has 19 heavy (non-hydrogen) atoms. The molecule has 1 heterocycles. The van der Waals surface area contributed by atoms with Crippen molar-refractivity contribution >= 4 is 29.1 Å². The Balaban J connectivity index is 1.62. The largest absolute Gasteiger partial charge is 0.352 e.